The van der Waals surface area contributed by atoms with Crippen LogP contribution in [0, 0.1) is 5.92 Å². The molecular formula is C29H34F2N10O4. The molecule has 4 atom stereocenters. The van der Waals surface area contributed by atoms with Crippen LogP contribution in [0.1, 0.15) is 50.6 Å². The normalized spacial score (nSPS) is 28.6. The van der Waals surface area contributed by atoms with Gasteiger partial charge in [0.05, 0.1) is 44.2 Å². The minimum absolute atomic E-state index is 0.0149. The molecular weight excluding hydrogens is 590 g/mol. The lowest BCUT2D eigenvalue weighted by Gasteiger charge is -2.39. The predicted molar refractivity (Wildman–Crippen MR) is 161 cm³/mol. The number of pyridine rings is 2. The number of imidazole rings is 1. The van der Waals surface area contributed by atoms with Crippen molar-refractivity contribution in [3.05, 3.63) is 34.9 Å². The first-order valence-corrected chi connectivity index (χ1v) is 14.6. The molecule has 2 saturated carbocycles. The largest absolute Gasteiger partial charge is 0.453 e. The molecule has 238 valence electrons. The second-order valence-corrected chi connectivity index (χ2v) is 11.9. The SMILES string of the molecule is [2H]C1(NC(=O)OC)CCC(n2c(=O)n(C([2H])([2H])[2H])c3cnc(Nc4ccc5c(N6CC(F)(F)C6)nn(C6(C(N)=O)CC6CC)c5n4)cc32)C1. The number of anilines is 3. The summed E-state index contributed by atoms with van der Waals surface area (Å²) in [6, 6.07) is 2.67. The van der Waals surface area contributed by atoms with Crippen molar-refractivity contribution in [1.82, 2.24) is 34.2 Å². The Morgan fingerprint density at radius 2 is 2.04 bits per heavy atom. The summed E-state index contributed by atoms with van der Waals surface area (Å²) in [6.45, 7) is -1.97. The van der Waals surface area contributed by atoms with E-state index in [2.05, 4.69) is 25.5 Å². The van der Waals surface area contributed by atoms with Crippen LogP contribution in [0.4, 0.5) is 31.0 Å². The number of nitrogens with zero attached hydrogens (tertiary/aromatic N) is 7. The molecule has 4 aromatic rings. The Bertz CT molecular complexity index is 2080. The summed E-state index contributed by atoms with van der Waals surface area (Å²) in [5.41, 5.74) is 4.42. The van der Waals surface area contributed by atoms with Crippen molar-refractivity contribution in [2.24, 2.45) is 18.6 Å². The summed E-state index contributed by atoms with van der Waals surface area (Å²) in [5.74, 6) is -2.87. The lowest BCUT2D eigenvalue weighted by atomic mass is 10.1. The molecule has 4 unspecified atom stereocenters. The third-order valence-corrected chi connectivity index (χ3v) is 9.13. The van der Waals surface area contributed by atoms with E-state index in [0.29, 0.717) is 29.2 Å². The highest BCUT2D eigenvalue weighted by atomic mass is 19.3. The van der Waals surface area contributed by atoms with Crippen LogP contribution in [0.2, 0.25) is 0 Å². The molecule has 16 heteroatoms. The molecule has 4 aromatic heterocycles. The number of aryl methyl sites for hydroxylation is 1. The van der Waals surface area contributed by atoms with E-state index in [0.717, 1.165) is 0 Å². The number of hydrogen-bond donors (Lipinski definition) is 3. The van der Waals surface area contributed by atoms with E-state index in [-0.39, 0.29) is 52.9 Å². The summed E-state index contributed by atoms with van der Waals surface area (Å²) in [5, 5.41) is 10.6. The molecule has 4 N–H and O–H groups in total. The van der Waals surface area contributed by atoms with Crippen LogP contribution in [0.15, 0.2) is 29.2 Å². The average Bonchev–Trinajstić information content (AvgIpc) is 3.29. The minimum Gasteiger partial charge on any atom is -0.453 e. The summed E-state index contributed by atoms with van der Waals surface area (Å²) in [6.07, 6.45) is 2.03. The monoisotopic (exact) mass is 628 g/mol. The molecule has 0 spiro atoms. The van der Waals surface area contributed by atoms with E-state index in [9.17, 15) is 23.2 Å². The van der Waals surface area contributed by atoms with E-state index in [4.69, 9.17) is 16.2 Å². The van der Waals surface area contributed by atoms with Gasteiger partial charge in [0.25, 0.3) is 5.92 Å². The maximum Gasteiger partial charge on any atom is 0.407 e. The van der Waals surface area contributed by atoms with Gasteiger partial charge in [-0.05, 0) is 43.7 Å². The number of carbonyl (C=O) groups excluding carboxylic acids is 2. The van der Waals surface area contributed by atoms with Crippen LogP contribution in [0.5, 0.6) is 0 Å². The minimum atomic E-state index is -2.86. The summed E-state index contributed by atoms with van der Waals surface area (Å²) < 4.78 is 68.5. The average molecular weight is 629 g/mol. The number of aromatic nitrogens is 6. The van der Waals surface area contributed by atoms with Gasteiger partial charge in [-0.2, -0.15) is 5.10 Å². The number of nitrogens with one attached hydrogen (secondary N) is 2. The fourth-order valence-corrected chi connectivity index (χ4v) is 6.72. The van der Waals surface area contributed by atoms with Crippen LogP contribution in [0.3, 0.4) is 0 Å². The molecule has 0 radical (unpaired) electrons. The van der Waals surface area contributed by atoms with E-state index in [1.807, 2.05) is 6.92 Å². The van der Waals surface area contributed by atoms with Gasteiger partial charge in [-0.25, -0.2) is 33.0 Å². The number of rotatable bonds is 8. The number of carbonyl (C=O) groups is 2. The van der Waals surface area contributed by atoms with Crippen LogP contribution < -0.4 is 27.0 Å². The van der Waals surface area contributed by atoms with Gasteiger partial charge in [0.1, 0.15) is 17.2 Å². The Kier molecular flexibility index (Phi) is 5.53. The molecule has 0 aromatic carbocycles. The molecule has 3 aliphatic rings. The summed E-state index contributed by atoms with van der Waals surface area (Å²) >= 11 is 0. The van der Waals surface area contributed by atoms with Crippen LogP contribution in [0.25, 0.3) is 22.1 Å². The highest BCUT2D eigenvalue weighted by molar-refractivity contribution is 5.94. The Labute approximate surface area is 261 Å². The van der Waals surface area contributed by atoms with Gasteiger partial charge in [0.2, 0.25) is 5.91 Å². The standard InChI is InChI=1S/C29H34F2N10O4/c1-4-15-11-29(15,25(32)42)41-23-18(24(37-41)39-13-28(30,31)14-39)7-8-21(36-23)35-22-10-19-20(12-33-22)38(2)27(44)40(19)17-6-5-16(9-17)34-26(43)45-3/h7-8,10,12,15-17H,4-6,9,11,13-14H2,1-3H3,(H2,32,42)(H,34,43)(H,33,35,36)/i2D3,16D. The highest BCUT2D eigenvalue weighted by Crippen LogP contribution is 2.53. The van der Waals surface area contributed by atoms with Gasteiger partial charge in [-0.1, -0.05) is 13.3 Å². The molecule has 1 aliphatic heterocycles. The van der Waals surface area contributed by atoms with Crippen molar-refractivity contribution in [1.29, 1.82) is 0 Å². The topological polar surface area (TPSA) is 167 Å². The van der Waals surface area contributed by atoms with Crippen LogP contribution in [-0.4, -0.2) is 73.0 Å². The van der Waals surface area contributed by atoms with Crippen molar-refractivity contribution in [2.75, 3.05) is 30.4 Å². The number of ether oxygens (including phenoxy) is 1. The third kappa shape index (κ3) is 4.56. The predicted octanol–water partition coefficient (Wildman–Crippen LogP) is 2.74. The number of fused-ring (bicyclic) bond motifs is 2. The van der Waals surface area contributed by atoms with Crippen molar-refractivity contribution < 1.29 is 28.6 Å². The quantitative estimate of drug-likeness (QED) is 0.266. The molecule has 2 amide bonds. The molecule has 3 fully saturated rings. The number of amides is 2. The number of nitrogens with two attached hydrogens (primary N) is 1. The highest BCUT2D eigenvalue weighted by Gasteiger charge is 2.62. The van der Waals surface area contributed by atoms with E-state index < -0.39 is 61.3 Å². The Morgan fingerprint density at radius 3 is 2.71 bits per heavy atom. The maximum atomic E-state index is 13.8. The molecule has 7 rings (SSSR count). The number of methoxy groups -OCH3 is 1. The van der Waals surface area contributed by atoms with Gasteiger partial charge in [0.15, 0.2) is 11.5 Å². The van der Waals surface area contributed by atoms with Gasteiger partial charge >= 0.3 is 11.8 Å². The van der Waals surface area contributed by atoms with Crippen molar-refractivity contribution in [3.63, 3.8) is 0 Å². The number of alkyl carbamates (subject to hydrolysis) is 1. The molecule has 0 bridgehead atoms. The van der Waals surface area contributed by atoms with E-state index >= 15 is 0 Å². The molecule has 14 nitrogen and oxygen atoms in total. The fraction of sp³-hybridized carbons (Fsp3) is 0.517. The van der Waals surface area contributed by atoms with Crippen LogP contribution >= 0.6 is 0 Å². The summed E-state index contributed by atoms with van der Waals surface area (Å²) in [7, 11) is 1.18. The fourth-order valence-electron chi connectivity index (χ4n) is 6.72. The summed E-state index contributed by atoms with van der Waals surface area (Å²) in [4.78, 5) is 48.8. The molecule has 2 aliphatic carbocycles. The molecule has 1 saturated heterocycles. The van der Waals surface area contributed by atoms with Crippen LogP contribution in [-0.2, 0) is 22.0 Å². The Balaban J connectivity index is 1.28. The smallest absolute Gasteiger partial charge is 0.407 e. The second kappa shape index (κ2) is 10.1. The first kappa shape index (κ1) is 24.5. The van der Waals surface area contributed by atoms with E-state index in [1.165, 1.54) is 33.5 Å². The van der Waals surface area contributed by atoms with Gasteiger partial charge in [0, 0.05) is 29.2 Å². The van der Waals surface area contributed by atoms with Crippen molar-refractivity contribution >= 4 is 51.5 Å². The van der Waals surface area contributed by atoms with Crippen molar-refractivity contribution in [2.45, 2.75) is 62.5 Å². The number of hydrogen-bond acceptors (Lipinski definition) is 9. The zero-order valence-electron chi connectivity index (χ0n) is 28.5. The van der Waals surface area contributed by atoms with E-state index in [1.54, 1.807) is 12.1 Å². The lowest BCUT2D eigenvalue weighted by molar-refractivity contribution is -0.123. The Morgan fingerprint density at radius 1 is 1.24 bits per heavy atom. The number of primary amides is 1. The van der Waals surface area contributed by atoms with Gasteiger partial charge in [-0.15, -0.1) is 0 Å². The zero-order chi connectivity index (χ0) is 35.3. The molecule has 45 heavy (non-hydrogen) atoms. The number of halogens is 2. The van der Waals surface area contributed by atoms with Gasteiger partial charge in [-0.3, -0.25) is 13.9 Å². The van der Waals surface area contributed by atoms with Gasteiger partial charge < -0.3 is 26.0 Å². The molecule has 5 heterocycles. The first-order chi connectivity index (χ1) is 23.0. The Hall–Kier alpha value is -4.76. The second-order valence-electron chi connectivity index (χ2n) is 11.9. The lowest BCUT2D eigenvalue weighted by Crippen LogP contribution is -2.56. The number of alkyl halides is 2. The third-order valence-electron chi connectivity index (χ3n) is 9.13. The first-order valence-electron chi connectivity index (χ1n) is 16.6. The maximum absolute atomic E-state index is 13.8. The van der Waals surface area contributed by atoms with Crippen molar-refractivity contribution in [3.8, 4) is 0 Å². The zero-order valence-corrected chi connectivity index (χ0v) is 24.5.